The van der Waals surface area contributed by atoms with Gasteiger partial charge in [0, 0.05) is 24.7 Å². The number of anilines is 1. The van der Waals surface area contributed by atoms with Crippen molar-refractivity contribution in [3.63, 3.8) is 0 Å². The van der Waals surface area contributed by atoms with Crippen LogP contribution in [-0.4, -0.2) is 23.3 Å². The molecule has 0 amide bonds. The SMILES string of the molecule is Nc1ccc(C(O)COCCCc2ccncc2)cc1. The van der Waals surface area contributed by atoms with Gasteiger partial charge < -0.3 is 15.6 Å². The summed E-state index contributed by atoms with van der Waals surface area (Å²) in [6.07, 6.45) is 4.87. The third-order valence-corrected chi connectivity index (χ3v) is 3.10. The standard InChI is InChI=1S/C16H20N2O2/c17-15-5-3-14(4-6-15)16(19)12-20-11-1-2-13-7-9-18-10-8-13/h3-10,16,19H,1-2,11-12,17H2. The first kappa shape index (κ1) is 14.5. The molecule has 20 heavy (non-hydrogen) atoms. The summed E-state index contributed by atoms with van der Waals surface area (Å²) in [5.74, 6) is 0. The van der Waals surface area contributed by atoms with Gasteiger partial charge in [0.2, 0.25) is 0 Å². The smallest absolute Gasteiger partial charge is 0.102 e. The molecule has 0 aliphatic rings. The Morgan fingerprint density at radius 2 is 1.80 bits per heavy atom. The molecule has 4 heteroatoms. The summed E-state index contributed by atoms with van der Waals surface area (Å²) >= 11 is 0. The molecule has 0 spiro atoms. The van der Waals surface area contributed by atoms with Crippen molar-refractivity contribution < 1.29 is 9.84 Å². The van der Waals surface area contributed by atoms with Gasteiger partial charge in [0.25, 0.3) is 0 Å². The topological polar surface area (TPSA) is 68.4 Å². The van der Waals surface area contributed by atoms with Crippen LogP contribution in [0.5, 0.6) is 0 Å². The average molecular weight is 272 g/mol. The van der Waals surface area contributed by atoms with E-state index in [9.17, 15) is 5.11 Å². The number of ether oxygens (including phenoxy) is 1. The Balaban J connectivity index is 1.64. The Labute approximate surface area is 119 Å². The largest absolute Gasteiger partial charge is 0.399 e. The highest BCUT2D eigenvalue weighted by Gasteiger charge is 2.06. The Morgan fingerprint density at radius 1 is 1.10 bits per heavy atom. The molecule has 1 aromatic carbocycles. The zero-order valence-corrected chi connectivity index (χ0v) is 11.4. The van der Waals surface area contributed by atoms with Crippen LogP contribution in [0.25, 0.3) is 0 Å². The van der Waals surface area contributed by atoms with E-state index in [1.165, 1.54) is 5.56 Å². The summed E-state index contributed by atoms with van der Waals surface area (Å²) < 4.78 is 5.50. The predicted molar refractivity (Wildman–Crippen MR) is 79.2 cm³/mol. The van der Waals surface area contributed by atoms with Crippen LogP contribution in [0.1, 0.15) is 23.7 Å². The number of aryl methyl sites for hydroxylation is 1. The molecule has 0 saturated carbocycles. The Morgan fingerprint density at radius 3 is 2.50 bits per heavy atom. The minimum absolute atomic E-state index is 0.306. The van der Waals surface area contributed by atoms with E-state index in [0.29, 0.717) is 18.9 Å². The lowest BCUT2D eigenvalue weighted by Crippen LogP contribution is -2.08. The van der Waals surface area contributed by atoms with E-state index >= 15 is 0 Å². The lowest BCUT2D eigenvalue weighted by Gasteiger charge is -2.12. The number of pyridine rings is 1. The highest BCUT2D eigenvalue weighted by Crippen LogP contribution is 2.15. The minimum Gasteiger partial charge on any atom is -0.399 e. The van der Waals surface area contributed by atoms with Crippen LogP contribution in [0.3, 0.4) is 0 Å². The number of nitrogens with two attached hydrogens (primary N) is 1. The van der Waals surface area contributed by atoms with Gasteiger partial charge in [-0.2, -0.15) is 0 Å². The van der Waals surface area contributed by atoms with Gasteiger partial charge in [-0.05, 0) is 48.2 Å². The number of nitrogens with zero attached hydrogens (tertiary/aromatic N) is 1. The summed E-state index contributed by atoms with van der Waals surface area (Å²) in [6, 6.07) is 11.2. The van der Waals surface area contributed by atoms with Gasteiger partial charge in [0.15, 0.2) is 0 Å². The van der Waals surface area contributed by atoms with Crippen LogP contribution in [0.15, 0.2) is 48.8 Å². The summed E-state index contributed by atoms with van der Waals surface area (Å²) in [6.45, 7) is 0.939. The first-order chi connectivity index (χ1) is 9.75. The lowest BCUT2D eigenvalue weighted by molar-refractivity contribution is 0.0352. The van der Waals surface area contributed by atoms with Crippen molar-refractivity contribution in [1.29, 1.82) is 0 Å². The fourth-order valence-corrected chi connectivity index (χ4v) is 1.94. The van der Waals surface area contributed by atoms with E-state index in [2.05, 4.69) is 4.98 Å². The van der Waals surface area contributed by atoms with E-state index in [-0.39, 0.29) is 0 Å². The molecule has 1 aromatic heterocycles. The molecule has 0 radical (unpaired) electrons. The zero-order chi connectivity index (χ0) is 14.2. The van der Waals surface area contributed by atoms with E-state index in [0.717, 1.165) is 18.4 Å². The molecule has 1 unspecified atom stereocenters. The molecule has 4 nitrogen and oxygen atoms in total. The molecule has 0 aliphatic heterocycles. The second kappa shape index (κ2) is 7.62. The molecule has 3 N–H and O–H groups in total. The Kier molecular flexibility index (Phi) is 5.53. The van der Waals surface area contributed by atoms with Gasteiger partial charge in [-0.1, -0.05) is 12.1 Å². The van der Waals surface area contributed by atoms with Crippen molar-refractivity contribution in [2.24, 2.45) is 0 Å². The minimum atomic E-state index is -0.600. The van der Waals surface area contributed by atoms with Crippen molar-refractivity contribution in [1.82, 2.24) is 4.98 Å². The summed E-state index contributed by atoms with van der Waals surface area (Å²) in [4.78, 5) is 3.98. The van der Waals surface area contributed by atoms with Gasteiger partial charge in [-0.15, -0.1) is 0 Å². The van der Waals surface area contributed by atoms with Crippen LogP contribution < -0.4 is 5.73 Å². The molecule has 0 bridgehead atoms. The molecule has 1 heterocycles. The number of rotatable bonds is 7. The Bertz CT molecular complexity index is 500. The first-order valence-corrected chi connectivity index (χ1v) is 6.76. The monoisotopic (exact) mass is 272 g/mol. The predicted octanol–water partition coefficient (Wildman–Crippen LogP) is 2.35. The third kappa shape index (κ3) is 4.64. The van der Waals surface area contributed by atoms with Crippen LogP contribution in [0, 0.1) is 0 Å². The number of nitrogen functional groups attached to an aromatic ring is 1. The lowest BCUT2D eigenvalue weighted by atomic mass is 10.1. The number of hydrogen-bond donors (Lipinski definition) is 2. The van der Waals surface area contributed by atoms with E-state index in [4.69, 9.17) is 10.5 Å². The molecular weight excluding hydrogens is 252 g/mol. The van der Waals surface area contributed by atoms with Gasteiger partial charge >= 0.3 is 0 Å². The van der Waals surface area contributed by atoms with Gasteiger partial charge in [0.05, 0.1) is 6.61 Å². The Hall–Kier alpha value is -1.91. The molecule has 0 fully saturated rings. The molecule has 2 aromatic rings. The van der Waals surface area contributed by atoms with Crippen LogP contribution in [0.4, 0.5) is 5.69 Å². The zero-order valence-electron chi connectivity index (χ0n) is 11.4. The number of hydrogen-bond acceptors (Lipinski definition) is 4. The first-order valence-electron chi connectivity index (χ1n) is 6.76. The maximum atomic E-state index is 9.95. The molecule has 2 rings (SSSR count). The highest BCUT2D eigenvalue weighted by molar-refractivity contribution is 5.39. The van der Waals surface area contributed by atoms with Crippen molar-refractivity contribution >= 4 is 5.69 Å². The van der Waals surface area contributed by atoms with Crippen molar-refractivity contribution in [3.8, 4) is 0 Å². The van der Waals surface area contributed by atoms with Crippen LogP contribution in [0.2, 0.25) is 0 Å². The van der Waals surface area contributed by atoms with Crippen molar-refractivity contribution in [3.05, 3.63) is 59.9 Å². The number of aliphatic hydroxyl groups excluding tert-OH is 1. The number of aromatic nitrogens is 1. The number of benzene rings is 1. The molecule has 0 aliphatic carbocycles. The molecule has 1 atom stereocenters. The quantitative estimate of drug-likeness (QED) is 0.599. The third-order valence-electron chi connectivity index (χ3n) is 3.10. The molecule has 106 valence electrons. The van der Waals surface area contributed by atoms with Crippen LogP contribution >= 0.6 is 0 Å². The number of aliphatic hydroxyl groups is 1. The van der Waals surface area contributed by atoms with E-state index < -0.39 is 6.10 Å². The summed E-state index contributed by atoms with van der Waals surface area (Å²) in [5, 5.41) is 9.95. The fourth-order valence-electron chi connectivity index (χ4n) is 1.94. The maximum absolute atomic E-state index is 9.95. The van der Waals surface area contributed by atoms with Gasteiger partial charge in [0.1, 0.15) is 6.10 Å². The van der Waals surface area contributed by atoms with E-state index in [1.54, 1.807) is 24.5 Å². The maximum Gasteiger partial charge on any atom is 0.102 e. The van der Waals surface area contributed by atoms with Crippen LogP contribution in [-0.2, 0) is 11.2 Å². The second-order valence-corrected chi connectivity index (χ2v) is 4.72. The molecular formula is C16H20N2O2. The normalized spacial score (nSPS) is 12.2. The van der Waals surface area contributed by atoms with Gasteiger partial charge in [-0.3, -0.25) is 4.98 Å². The van der Waals surface area contributed by atoms with E-state index in [1.807, 2.05) is 24.3 Å². The summed E-state index contributed by atoms with van der Waals surface area (Å²) in [7, 11) is 0. The average Bonchev–Trinajstić information content (AvgIpc) is 2.48. The summed E-state index contributed by atoms with van der Waals surface area (Å²) in [5.41, 5.74) is 8.38. The van der Waals surface area contributed by atoms with Gasteiger partial charge in [-0.25, -0.2) is 0 Å². The fraction of sp³-hybridized carbons (Fsp3) is 0.312. The van der Waals surface area contributed by atoms with Crippen molar-refractivity contribution in [2.75, 3.05) is 18.9 Å². The van der Waals surface area contributed by atoms with Crippen molar-refractivity contribution in [2.45, 2.75) is 18.9 Å². The second-order valence-electron chi connectivity index (χ2n) is 4.72. The highest BCUT2D eigenvalue weighted by atomic mass is 16.5. The molecule has 0 saturated heterocycles.